The number of rotatable bonds is 7. The zero-order chi connectivity index (χ0) is 23.3. The highest BCUT2D eigenvalue weighted by atomic mass is 35.5. The van der Waals surface area contributed by atoms with Crippen molar-refractivity contribution in [3.05, 3.63) is 76.3 Å². The third kappa shape index (κ3) is 5.30. The van der Waals surface area contributed by atoms with Gasteiger partial charge in [0.1, 0.15) is 16.5 Å². The Bertz CT molecular complexity index is 1160. The molecule has 0 fully saturated rings. The maximum Gasteiger partial charge on any atom is 0.343 e. The molecular weight excluding hydrogens is 439 g/mol. The van der Waals surface area contributed by atoms with E-state index in [-0.39, 0.29) is 16.6 Å². The molecule has 166 valence electrons. The van der Waals surface area contributed by atoms with E-state index in [1.807, 2.05) is 0 Å². The molecule has 0 atom stereocenters. The predicted octanol–water partition coefficient (Wildman–Crippen LogP) is 3.52. The average molecular weight is 459 g/mol. The Hall–Kier alpha value is -3.72. The summed E-state index contributed by atoms with van der Waals surface area (Å²) in [6, 6.07) is 11.8. The van der Waals surface area contributed by atoms with E-state index in [0.29, 0.717) is 29.2 Å². The molecule has 3 rings (SSSR count). The van der Waals surface area contributed by atoms with E-state index < -0.39 is 24.3 Å². The van der Waals surface area contributed by atoms with Gasteiger partial charge in [-0.3, -0.25) is 9.59 Å². The van der Waals surface area contributed by atoms with E-state index in [9.17, 15) is 18.8 Å². The number of benzene rings is 2. The van der Waals surface area contributed by atoms with Crippen molar-refractivity contribution in [2.45, 2.75) is 13.8 Å². The molecule has 0 aliphatic heterocycles. The Morgan fingerprint density at radius 1 is 1.16 bits per heavy atom. The Labute approximate surface area is 188 Å². The van der Waals surface area contributed by atoms with Crippen LogP contribution in [0.4, 0.5) is 10.1 Å². The molecule has 0 saturated heterocycles. The first-order valence-electron chi connectivity index (χ1n) is 9.66. The number of anilines is 1. The number of carbonyl (C=O) groups is 3. The summed E-state index contributed by atoms with van der Waals surface area (Å²) in [6.07, 6.45) is 0. The summed E-state index contributed by atoms with van der Waals surface area (Å²) in [6.45, 7) is 3.28. The van der Waals surface area contributed by atoms with Gasteiger partial charge >= 0.3 is 5.97 Å². The quantitative estimate of drug-likeness (QED) is 0.527. The summed E-state index contributed by atoms with van der Waals surface area (Å²) in [7, 11) is 0. The topological polar surface area (TPSA) is 102 Å². The van der Waals surface area contributed by atoms with Gasteiger partial charge < -0.3 is 15.4 Å². The fourth-order valence-electron chi connectivity index (χ4n) is 2.89. The van der Waals surface area contributed by atoms with Gasteiger partial charge in [0.2, 0.25) is 0 Å². The van der Waals surface area contributed by atoms with Crippen molar-refractivity contribution < 1.29 is 23.5 Å². The Morgan fingerprint density at radius 2 is 1.88 bits per heavy atom. The van der Waals surface area contributed by atoms with Gasteiger partial charge in [-0.25, -0.2) is 13.9 Å². The number of hydrogen-bond donors (Lipinski definition) is 2. The minimum absolute atomic E-state index is 0.00188. The lowest BCUT2D eigenvalue weighted by Gasteiger charge is -2.08. The highest BCUT2D eigenvalue weighted by Crippen LogP contribution is 2.24. The van der Waals surface area contributed by atoms with Crippen molar-refractivity contribution in [1.82, 2.24) is 15.1 Å². The smallest absolute Gasteiger partial charge is 0.343 e. The lowest BCUT2D eigenvalue weighted by atomic mass is 10.2. The fraction of sp³-hybridized carbons (Fsp3) is 0.182. The number of aromatic nitrogens is 2. The minimum Gasteiger partial charge on any atom is -0.452 e. The molecule has 0 radical (unpaired) electrons. The number of nitrogens with zero attached hydrogens (tertiary/aromatic N) is 2. The van der Waals surface area contributed by atoms with Gasteiger partial charge in [-0.2, -0.15) is 5.10 Å². The van der Waals surface area contributed by atoms with Crippen LogP contribution in [0, 0.1) is 12.7 Å². The Kier molecular flexibility index (Phi) is 7.21. The normalized spacial score (nSPS) is 10.5. The molecule has 0 aliphatic rings. The van der Waals surface area contributed by atoms with E-state index in [0.717, 1.165) is 0 Å². The lowest BCUT2D eigenvalue weighted by Crippen LogP contribution is -2.23. The number of carbonyl (C=O) groups excluding carboxylic acids is 3. The van der Waals surface area contributed by atoms with Gasteiger partial charge in [-0.1, -0.05) is 17.7 Å². The van der Waals surface area contributed by atoms with Gasteiger partial charge in [-0.15, -0.1) is 0 Å². The number of ether oxygens (including phenoxy) is 1. The van der Waals surface area contributed by atoms with Gasteiger partial charge in [-0.05, 0) is 56.3 Å². The first kappa shape index (κ1) is 23.0. The second-order valence-electron chi connectivity index (χ2n) is 6.70. The number of hydrogen-bond acceptors (Lipinski definition) is 5. The molecule has 0 aliphatic carbocycles. The van der Waals surface area contributed by atoms with Crippen molar-refractivity contribution in [3.8, 4) is 5.69 Å². The second kappa shape index (κ2) is 10.1. The predicted molar refractivity (Wildman–Crippen MR) is 117 cm³/mol. The van der Waals surface area contributed by atoms with Crippen molar-refractivity contribution in [2.24, 2.45) is 0 Å². The minimum atomic E-state index is -0.827. The highest BCUT2D eigenvalue weighted by molar-refractivity contribution is 6.33. The second-order valence-corrected chi connectivity index (χ2v) is 7.06. The SMILES string of the molecule is CCNC(=O)c1cccc(NC(=O)COC(=O)c2c(C)nn(-c3ccc(F)cc3)c2Cl)c1. The number of halogens is 2. The van der Waals surface area contributed by atoms with Crippen LogP contribution in [-0.4, -0.2) is 40.7 Å². The number of nitrogens with one attached hydrogen (secondary N) is 2. The summed E-state index contributed by atoms with van der Waals surface area (Å²) in [5, 5.41) is 9.40. The van der Waals surface area contributed by atoms with E-state index in [4.69, 9.17) is 16.3 Å². The molecule has 2 amide bonds. The van der Waals surface area contributed by atoms with Crippen molar-refractivity contribution in [3.63, 3.8) is 0 Å². The molecule has 1 heterocycles. The van der Waals surface area contributed by atoms with Crippen molar-refractivity contribution in [2.75, 3.05) is 18.5 Å². The molecule has 2 N–H and O–H groups in total. The van der Waals surface area contributed by atoms with Crippen LogP contribution in [0.15, 0.2) is 48.5 Å². The molecule has 8 nitrogen and oxygen atoms in total. The van der Waals surface area contributed by atoms with Crippen LogP contribution < -0.4 is 10.6 Å². The third-order valence-corrected chi connectivity index (χ3v) is 4.71. The summed E-state index contributed by atoms with van der Waals surface area (Å²) >= 11 is 6.28. The van der Waals surface area contributed by atoms with Gasteiger partial charge in [0.05, 0.1) is 11.4 Å². The molecule has 2 aromatic carbocycles. The maximum atomic E-state index is 13.1. The van der Waals surface area contributed by atoms with E-state index in [1.54, 1.807) is 32.0 Å². The Balaban J connectivity index is 1.65. The Morgan fingerprint density at radius 3 is 2.56 bits per heavy atom. The molecule has 0 bridgehead atoms. The van der Waals surface area contributed by atoms with E-state index in [1.165, 1.54) is 35.0 Å². The summed E-state index contributed by atoms with van der Waals surface area (Å²) in [5.41, 5.74) is 1.52. The maximum absolute atomic E-state index is 13.1. The fourth-order valence-corrected chi connectivity index (χ4v) is 3.23. The molecule has 0 spiro atoms. The standard InChI is InChI=1S/C22H20ClFN4O4/c1-3-25-21(30)14-5-4-6-16(11-14)26-18(29)12-32-22(31)19-13(2)27-28(20(19)23)17-9-7-15(24)8-10-17/h4-11H,3,12H2,1-2H3,(H,25,30)(H,26,29). The monoisotopic (exact) mass is 458 g/mol. The molecule has 32 heavy (non-hydrogen) atoms. The number of aryl methyl sites for hydroxylation is 1. The first-order chi connectivity index (χ1) is 15.3. The van der Waals surface area contributed by atoms with Gasteiger partial charge in [0.15, 0.2) is 6.61 Å². The van der Waals surface area contributed by atoms with Crippen LogP contribution in [0.5, 0.6) is 0 Å². The lowest BCUT2D eigenvalue weighted by molar-refractivity contribution is -0.119. The van der Waals surface area contributed by atoms with E-state index in [2.05, 4.69) is 15.7 Å². The van der Waals surface area contributed by atoms with Crippen LogP contribution in [0.3, 0.4) is 0 Å². The van der Waals surface area contributed by atoms with E-state index >= 15 is 0 Å². The summed E-state index contributed by atoms with van der Waals surface area (Å²) < 4.78 is 19.5. The van der Waals surface area contributed by atoms with Crippen LogP contribution in [0.1, 0.15) is 33.3 Å². The largest absolute Gasteiger partial charge is 0.452 e. The zero-order valence-electron chi connectivity index (χ0n) is 17.3. The zero-order valence-corrected chi connectivity index (χ0v) is 18.1. The number of esters is 1. The number of amides is 2. The molecule has 0 saturated carbocycles. The first-order valence-corrected chi connectivity index (χ1v) is 10.0. The van der Waals surface area contributed by atoms with Crippen LogP contribution >= 0.6 is 11.6 Å². The summed E-state index contributed by atoms with van der Waals surface area (Å²) in [5.74, 6) is -2.10. The van der Waals surface area contributed by atoms with Crippen LogP contribution in [-0.2, 0) is 9.53 Å². The molecule has 1 aromatic heterocycles. The van der Waals surface area contributed by atoms with Crippen LogP contribution in [0.25, 0.3) is 5.69 Å². The highest BCUT2D eigenvalue weighted by Gasteiger charge is 2.23. The molecular formula is C22H20ClFN4O4. The average Bonchev–Trinajstić information content (AvgIpc) is 3.07. The van der Waals surface area contributed by atoms with Gasteiger partial charge in [0.25, 0.3) is 11.8 Å². The van der Waals surface area contributed by atoms with Crippen molar-refractivity contribution >= 4 is 35.1 Å². The third-order valence-electron chi connectivity index (χ3n) is 4.36. The molecule has 0 unspecified atom stereocenters. The van der Waals surface area contributed by atoms with Crippen LogP contribution in [0.2, 0.25) is 5.15 Å². The van der Waals surface area contributed by atoms with Gasteiger partial charge in [0, 0.05) is 17.8 Å². The van der Waals surface area contributed by atoms with Crippen molar-refractivity contribution in [1.29, 1.82) is 0 Å². The summed E-state index contributed by atoms with van der Waals surface area (Å²) in [4.78, 5) is 36.6. The molecule has 3 aromatic rings. The molecule has 10 heteroatoms.